The molecule has 1 spiro atoms. The average molecular weight is 425 g/mol. The van der Waals surface area contributed by atoms with Gasteiger partial charge in [-0.3, -0.25) is 19.3 Å². The fourth-order valence-corrected chi connectivity index (χ4v) is 3.97. The van der Waals surface area contributed by atoms with Gasteiger partial charge in [0, 0.05) is 0 Å². The maximum absolute atomic E-state index is 12.8. The summed E-state index contributed by atoms with van der Waals surface area (Å²) >= 11 is 0. The molecule has 2 fully saturated rings. The van der Waals surface area contributed by atoms with E-state index in [0.29, 0.717) is 12.8 Å². The highest BCUT2D eigenvalue weighted by Crippen LogP contribution is 2.38. The molecule has 2 aliphatic rings. The third kappa shape index (κ3) is 4.91. The van der Waals surface area contributed by atoms with E-state index in [1.807, 2.05) is 13.8 Å². The first-order valence-corrected chi connectivity index (χ1v) is 10.3. The van der Waals surface area contributed by atoms with Gasteiger partial charge in [0.1, 0.15) is 18.1 Å². The second-order valence-corrected chi connectivity index (χ2v) is 8.05. The summed E-state index contributed by atoms with van der Waals surface area (Å²) in [4.78, 5) is 62.1. The van der Waals surface area contributed by atoms with E-state index < -0.39 is 54.5 Å². The largest absolute Gasteiger partial charge is 0.467 e. The molecule has 4 atom stereocenters. The highest BCUT2D eigenvalue weighted by Gasteiger charge is 2.55. The van der Waals surface area contributed by atoms with Crippen molar-refractivity contribution in [3.8, 4) is 0 Å². The molecule has 0 radical (unpaired) electrons. The Bertz CT molecular complexity index is 711. The maximum Gasteiger partial charge on any atom is 0.328 e. The summed E-state index contributed by atoms with van der Waals surface area (Å²) in [5, 5.41) is 5.24. The molecule has 30 heavy (non-hydrogen) atoms. The van der Waals surface area contributed by atoms with Crippen LogP contribution in [0.4, 0.5) is 4.79 Å². The smallest absolute Gasteiger partial charge is 0.328 e. The zero-order valence-corrected chi connectivity index (χ0v) is 18.0. The van der Waals surface area contributed by atoms with Crippen molar-refractivity contribution in [2.75, 3.05) is 20.3 Å². The number of carbonyl (C=O) groups excluding carboxylic acids is 5. The lowest BCUT2D eigenvalue weighted by molar-refractivity contribution is -0.153. The molecule has 2 N–H and O–H groups in total. The molecule has 0 aromatic heterocycles. The van der Waals surface area contributed by atoms with Crippen LogP contribution in [0.3, 0.4) is 0 Å². The molecule has 2 rings (SSSR count). The molecule has 1 aliphatic carbocycles. The number of carbonyl (C=O) groups is 5. The first-order chi connectivity index (χ1) is 14.2. The van der Waals surface area contributed by atoms with Gasteiger partial charge in [0.15, 0.2) is 6.61 Å². The second-order valence-electron chi connectivity index (χ2n) is 8.05. The van der Waals surface area contributed by atoms with E-state index in [2.05, 4.69) is 15.4 Å². The lowest BCUT2D eigenvalue weighted by Crippen LogP contribution is -2.54. The minimum absolute atomic E-state index is 0.0229. The van der Waals surface area contributed by atoms with Crippen LogP contribution < -0.4 is 10.6 Å². The van der Waals surface area contributed by atoms with Crippen molar-refractivity contribution in [2.45, 2.75) is 64.5 Å². The summed E-state index contributed by atoms with van der Waals surface area (Å²) in [6.07, 6.45) is 3.81. The van der Waals surface area contributed by atoms with E-state index in [9.17, 15) is 24.0 Å². The molecule has 0 bridgehead atoms. The summed E-state index contributed by atoms with van der Waals surface area (Å²) in [7, 11) is 1.22. The standard InChI is InChI=1S/C20H31N3O7/c1-5-12(2)16(17(26)29-4)21-14(24)11-30-15(25)10-23-18(27)20(22-19(23)28)9-7-6-8-13(20)3/h12-13,16H,5-11H2,1-4H3,(H,21,24)(H,22,28)/t12-,13-,16-,20-/m0/s1. The SMILES string of the molecule is CC[C@H](C)[C@H](NC(=O)COC(=O)CN1C(=O)N[C@]2(CCCC[C@@H]2C)C1=O)C(=O)OC. The number of urea groups is 1. The third-order valence-electron chi connectivity index (χ3n) is 6.14. The molecule has 0 aromatic rings. The summed E-state index contributed by atoms with van der Waals surface area (Å²) < 4.78 is 9.60. The molecule has 10 heteroatoms. The predicted molar refractivity (Wildman–Crippen MR) is 105 cm³/mol. The Hall–Kier alpha value is -2.65. The van der Waals surface area contributed by atoms with Crippen molar-refractivity contribution < 1.29 is 33.4 Å². The highest BCUT2D eigenvalue weighted by molar-refractivity contribution is 6.09. The van der Waals surface area contributed by atoms with Gasteiger partial charge < -0.3 is 20.1 Å². The molecule has 10 nitrogen and oxygen atoms in total. The van der Waals surface area contributed by atoms with E-state index in [1.54, 1.807) is 6.92 Å². The van der Waals surface area contributed by atoms with Crippen molar-refractivity contribution >= 4 is 29.8 Å². The van der Waals surface area contributed by atoms with Gasteiger partial charge in [0.05, 0.1) is 7.11 Å². The number of ether oxygens (including phenoxy) is 2. The third-order valence-corrected chi connectivity index (χ3v) is 6.14. The van der Waals surface area contributed by atoms with Gasteiger partial charge in [0.2, 0.25) is 0 Å². The van der Waals surface area contributed by atoms with Crippen LogP contribution in [0.5, 0.6) is 0 Å². The van der Waals surface area contributed by atoms with Crippen molar-refractivity contribution in [1.82, 2.24) is 15.5 Å². The van der Waals surface area contributed by atoms with Crippen LogP contribution >= 0.6 is 0 Å². The number of hydrogen-bond donors (Lipinski definition) is 2. The van der Waals surface area contributed by atoms with E-state index in [0.717, 1.165) is 24.2 Å². The molecule has 168 valence electrons. The molecule has 1 saturated carbocycles. The molecule has 1 saturated heterocycles. The van der Waals surface area contributed by atoms with Gasteiger partial charge in [-0.25, -0.2) is 9.59 Å². The molecule has 4 amide bonds. The lowest BCUT2D eigenvalue weighted by Gasteiger charge is -2.36. The van der Waals surface area contributed by atoms with Gasteiger partial charge >= 0.3 is 18.0 Å². The topological polar surface area (TPSA) is 131 Å². The van der Waals surface area contributed by atoms with Crippen LogP contribution in [0, 0.1) is 11.8 Å². The fourth-order valence-electron chi connectivity index (χ4n) is 3.97. The van der Waals surface area contributed by atoms with Crippen molar-refractivity contribution in [2.24, 2.45) is 11.8 Å². The number of methoxy groups -OCH3 is 1. The van der Waals surface area contributed by atoms with Crippen LogP contribution in [0.1, 0.15) is 52.9 Å². The molecular formula is C20H31N3O7. The Morgan fingerprint density at radius 1 is 1.30 bits per heavy atom. The number of amides is 4. The summed E-state index contributed by atoms with van der Waals surface area (Å²) in [6, 6.07) is -1.48. The molecule has 1 heterocycles. The Kier molecular flexibility index (Phi) is 7.80. The molecule has 1 aliphatic heterocycles. The summed E-state index contributed by atoms with van der Waals surface area (Å²) in [5.74, 6) is -2.76. The van der Waals surface area contributed by atoms with Crippen LogP contribution in [-0.4, -0.2) is 66.5 Å². The van der Waals surface area contributed by atoms with E-state index in [1.165, 1.54) is 7.11 Å². The minimum atomic E-state index is -0.961. The number of esters is 2. The molecular weight excluding hydrogens is 394 g/mol. The second kappa shape index (κ2) is 9.90. The van der Waals surface area contributed by atoms with Gasteiger partial charge in [-0.1, -0.05) is 40.0 Å². The normalized spacial score (nSPS) is 25.5. The van der Waals surface area contributed by atoms with E-state index in [4.69, 9.17) is 4.74 Å². The van der Waals surface area contributed by atoms with Crippen LogP contribution in [0.15, 0.2) is 0 Å². The average Bonchev–Trinajstić information content (AvgIpc) is 2.96. The summed E-state index contributed by atoms with van der Waals surface area (Å²) in [6.45, 7) is 4.36. The first kappa shape index (κ1) is 23.6. The number of rotatable bonds is 8. The Labute approximate surface area is 176 Å². The number of hydrogen-bond acceptors (Lipinski definition) is 7. The number of nitrogens with zero attached hydrogens (tertiary/aromatic N) is 1. The molecule has 0 unspecified atom stereocenters. The van der Waals surface area contributed by atoms with E-state index >= 15 is 0 Å². The molecule has 0 aromatic carbocycles. The van der Waals surface area contributed by atoms with E-state index in [-0.39, 0.29) is 11.8 Å². The quantitative estimate of drug-likeness (QED) is 0.433. The Morgan fingerprint density at radius 2 is 2.00 bits per heavy atom. The zero-order valence-electron chi connectivity index (χ0n) is 18.0. The van der Waals surface area contributed by atoms with Crippen molar-refractivity contribution in [3.63, 3.8) is 0 Å². The van der Waals surface area contributed by atoms with Crippen LogP contribution in [0.2, 0.25) is 0 Å². The predicted octanol–water partition coefficient (Wildman–Crippen LogP) is 0.734. The van der Waals surface area contributed by atoms with Crippen LogP contribution in [-0.2, 0) is 28.7 Å². The minimum Gasteiger partial charge on any atom is -0.467 e. The summed E-state index contributed by atoms with van der Waals surface area (Å²) in [5.41, 5.74) is -0.961. The number of nitrogens with one attached hydrogen (secondary N) is 2. The number of imide groups is 1. The van der Waals surface area contributed by atoms with Crippen molar-refractivity contribution in [1.29, 1.82) is 0 Å². The van der Waals surface area contributed by atoms with Crippen LogP contribution in [0.25, 0.3) is 0 Å². The highest BCUT2D eigenvalue weighted by atomic mass is 16.5. The Balaban J connectivity index is 1.89. The first-order valence-electron chi connectivity index (χ1n) is 10.3. The monoisotopic (exact) mass is 425 g/mol. The van der Waals surface area contributed by atoms with Gasteiger partial charge in [0.25, 0.3) is 11.8 Å². The van der Waals surface area contributed by atoms with Gasteiger partial charge in [-0.15, -0.1) is 0 Å². The fraction of sp³-hybridized carbons (Fsp3) is 0.750. The van der Waals surface area contributed by atoms with Gasteiger partial charge in [-0.2, -0.15) is 0 Å². The lowest BCUT2D eigenvalue weighted by atomic mass is 9.73. The Morgan fingerprint density at radius 3 is 2.60 bits per heavy atom. The maximum atomic E-state index is 12.8. The zero-order chi connectivity index (χ0) is 22.5. The van der Waals surface area contributed by atoms with Crippen molar-refractivity contribution in [3.05, 3.63) is 0 Å². The van der Waals surface area contributed by atoms with Gasteiger partial charge in [-0.05, 0) is 24.7 Å².